The van der Waals surface area contributed by atoms with E-state index in [1.165, 1.54) is 205 Å². The number of unbranched alkanes of at least 4 members (excludes halogenated alkanes) is 34. The number of nitrogens with one attached hydrogen (secondary N) is 1. The summed E-state index contributed by atoms with van der Waals surface area (Å²) in [7, 11) is 0. The minimum Gasteiger partial charge on any atom is -0.394 e. The minimum atomic E-state index is -1.15. The van der Waals surface area contributed by atoms with Crippen molar-refractivity contribution in [3.8, 4) is 0 Å². The molecule has 4 N–H and O–H groups in total. The summed E-state index contributed by atoms with van der Waals surface area (Å²) in [4.78, 5) is 12.4. The molecule has 0 aromatic rings. The molecule has 0 aliphatic carbocycles. The van der Waals surface area contributed by atoms with Gasteiger partial charge in [0.1, 0.15) is 6.10 Å². The summed E-state index contributed by atoms with van der Waals surface area (Å²) >= 11 is 0. The topological polar surface area (TPSA) is 89.8 Å². The molecular formula is C51H99NO4. The molecule has 1 amide bonds. The van der Waals surface area contributed by atoms with Gasteiger partial charge in [0.2, 0.25) is 5.91 Å². The fourth-order valence-corrected chi connectivity index (χ4v) is 7.86. The van der Waals surface area contributed by atoms with E-state index in [9.17, 15) is 20.1 Å². The lowest BCUT2D eigenvalue weighted by atomic mass is 10.0. The molecule has 5 nitrogen and oxygen atoms in total. The van der Waals surface area contributed by atoms with E-state index in [0.29, 0.717) is 12.8 Å². The Hall–Kier alpha value is -1.17. The maximum Gasteiger partial charge on any atom is 0.220 e. The molecule has 0 spiro atoms. The van der Waals surface area contributed by atoms with Crippen molar-refractivity contribution in [3.05, 3.63) is 24.3 Å². The molecule has 0 radical (unpaired) electrons. The first kappa shape index (κ1) is 54.8. The monoisotopic (exact) mass is 790 g/mol. The van der Waals surface area contributed by atoms with Crippen molar-refractivity contribution >= 4 is 5.91 Å². The van der Waals surface area contributed by atoms with Crippen LogP contribution in [0, 0.1) is 0 Å². The average Bonchev–Trinajstić information content (AvgIpc) is 3.20. The molecular weight excluding hydrogens is 691 g/mol. The summed E-state index contributed by atoms with van der Waals surface area (Å²) in [6, 6.07) is -0.821. The minimum absolute atomic E-state index is 0.153. The molecule has 0 rings (SSSR count). The van der Waals surface area contributed by atoms with Crippen LogP contribution in [0.2, 0.25) is 0 Å². The van der Waals surface area contributed by atoms with Crippen molar-refractivity contribution in [1.29, 1.82) is 0 Å². The van der Waals surface area contributed by atoms with Gasteiger partial charge in [-0.1, -0.05) is 224 Å². The lowest BCUT2D eigenvalue weighted by Crippen LogP contribution is -2.50. The molecule has 0 fully saturated rings. The Balaban J connectivity index is 3.44. The molecule has 0 saturated heterocycles. The van der Waals surface area contributed by atoms with Crippen molar-refractivity contribution < 1.29 is 20.1 Å². The predicted molar refractivity (Wildman–Crippen MR) is 245 cm³/mol. The normalized spacial score (nSPS) is 13.6. The van der Waals surface area contributed by atoms with Crippen molar-refractivity contribution in [3.63, 3.8) is 0 Å². The van der Waals surface area contributed by atoms with Crippen LogP contribution in [0.15, 0.2) is 24.3 Å². The van der Waals surface area contributed by atoms with Gasteiger partial charge in [-0.25, -0.2) is 0 Å². The molecule has 3 unspecified atom stereocenters. The highest BCUT2D eigenvalue weighted by atomic mass is 16.3. The standard InChI is InChI=1S/C51H99NO4/c1-3-5-7-9-11-13-14-15-16-17-18-19-20-21-22-23-24-25-26-27-28-29-30-31-32-33-34-35-36-38-40-42-44-46-50(55)52-48(47-53)51(56)49(54)45-43-41-39-37-12-10-8-6-4-2/h21-22,37,39,48-49,51,53-54,56H,3-20,23-36,38,40-47H2,1-2H3,(H,52,55)/b22-21-,39-37+. The highest BCUT2D eigenvalue weighted by Gasteiger charge is 2.26. The van der Waals surface area contributed by atoms with Gasteiger partial charge < -0.3 is 20.6 Å². The van der Waals surface area contributed by atoms with Crippen LogP contribution in [0.5, 0.6) is 0 Å². The van der Waals surface area contributed by atoms with Gasteiger partial charge in [0.05, 0.1) is 18.8 Å². The van der Waals surface area contributed by atoms with Gasteiger partial charge in [-0.3, -0.25) is 4.79 Å². The first-order valence-corrected chi connectivity index (χ1v) is 25.1. The van der Waals surface area contributed by atoms with Crippen molar-refractivity contribution in [2.24, 2.45) is 0 Å². The Bertz CT molecular complexity index is 829. The van der Waals surface area contributed by atoms with Gasteiger partial charge in [0.25, 0.3) is 0 Å². The van der Waals surface area contributed by atoms with Crippen LogP contribution in [-0.4, -0.2) is 46.1 Å². The van der Waals surface area contributed by atoms with E-state index in [0.717, 1.165) is 38.5 Å². The summed E-state index contributed by atoms with van der Waals surface area (Å²) in [5, 5.41) is 33.4. The number of hydrogen-bond donors (Lipinski definition) is 4. The zero-order valence-corrected chi connectivity index (χ0v) is 37.8. The molecule has 0 heterocycles. The molecule has 0 saturated carbocycles. The first-order chi connectivity index (χ1) is 27.6. The number of hydrogen-bond acceptors (Lipinski definition) is 4. The van der Waals surface area contributed by atoms with Crippen molar-refractivity contribution in [2.75, 3.05) is 6.61 Å². The van der Waals surface area contributed by atoms with E-state index in [-0.39, 0.29) is 12.5 Å². The molecule has 3 atom stereocenters. The average molecular weight is 790 g/mol. The third-order valence-corrected chi connectivity index (χ3v) is 11.8. The Labute approximate surface area is 350 Å². The Kier molecular flexibility index (Phi) is 45.5. The van der Waals surface area contributed by atoms with Crippen LogP contribution in [0.25, 0.3) is 0 Å². The van der Waals surface area contributed by atoms with E-state index in [1.54, 1.807) is 0 Å². The van der Waals surface area contributed by atoms with Crippen LogP contribution in [0.3, 0.4) is 0 Å². The molecule has 0 aliphatic rings. The van der Waals surface area contributed by atoms with E-state index >= 15 is 0 Å². The van der Waals surface area contributed by atoms with Crippen LogP contribution in [-0.2, 0) is 4.79 Å². The Morgan fingerprint density at radius 2 is 0.714 bits per heavy atom. The largest absolute Gasteiger partial charge is 0.394 e. The SMILES string of the molecule is CCCCCC/C=C/CCCC(O)C(O)C(CO)NC(=O)CCCCCCCCCCCCCCCCCCC/C=C\CCCCCCCCCCCCCC. The summed E-state index contributed by atoms with van der Waals surface area (Å²) in [5.41, 5.74) is 0. The number of rotatable bonds is 46. The maximum atomic E-state index is 12.4. The summed E-state index contributed by atoms with van der Waals surface area (Å²) in [5.74, 6) is -0.153. The highest BCUT2D eigenvalue weighted by molar-refractivity contribution is 5.76. The van der Waals surface area contributed by atoms with Gasteiger partial charge in [0.15, 0.2) is 0 Å². The van der Waals surface area contributed by atoms with Crippen molar-refractivity contribution in [2.45, 2.75) is 289 Å². The summed E-state index contributed by atoms with van der Waals surface area (Å²) in [6.07, 6.45) is 57.7. The lowest BCUT2D eigenvalue weighted by molar-refractivity contribution is -0.124. The Morgan fingerprint density at radius 3 is 1.05 bits per heavy atom. The second-order valence-electron chi connectivity index (χ2n) is 17.4. The fourth-order valence-electron chi connectivity index (χ4n) is 7.86. The van der Waals surface area contributed by atoms with Gasteiger partial charge in [-0.05, 0) is 64.2 Å². The predicted octanol–water partition coefficient (Wildman–Crippen LogP) is 14.9. The molecule has 0 bridgehead atoms. The fraction of sp³-hybridized carbons (Fsp3) is 0.902. The first-order valence-electron chi connectivity index (χ1n) is 25.1. The van der Waals surface area contributed by atoms with Gasteiger partial charge in [0, 0.05) is 6.42 Å². The smallest absolute Gasteiger partial charge is 0.220 e. The molecule has 56 heavy (non-hydrogen) atoms. The molecule has 332 valence electrons. The third-order valence-electron chi connectivity index (χ3n) is 11.8. The number of aliphatic hydroxyl groups is 3. The molecule has 0 aliphatic heterocycles. The number of amides is 1. The molecule has 5 heteroatoms. The van der Waals surface area contributed by atoms with E-state index in [2.05, 4.69) is 43.5 Å². The van der Waals surface area contributed by atoms with Gasteiger partial charge in [-0.15, -0.1) is 0 Å². The zero-order valence-electron chi connectivity index (χ0n) is 37.8. The quantitative estimate of drug-likeness (QED) is 0.0365. The summed E-state index contributed by atoms with van der Waals surface area (Å²) < 4.78 is 0. The van der Waals surface area contributed by atoms with Gasteiger partial charge in [-0.2, -0.15) is 0 Å². The number of allylic oxidation sites excluding steroid dienone is 4. The zero-order chi connectivity index (χ0) is 40.8. The van der Waals surface area contributed by atoms with Crippen LogP contribution >= 0.6 is 0 Å². The van der Waals surface area contributed by atoms with Gasteiger partial charge >= 0.3 is 0 Å². The van der Waals surface area contributed by atoms with Crippen LogP contribution < -0.4 is 5.32 Å². The third kappa shape index (κ3) is 41.0. The van der Waals surface area contributed by atoms with E-state index in [1.807, 2.05) is 0 Å². The van der Waals surface area contributed by atoms with Crippen LogP contribution in [0.1, 0.15) is 271 Å². The highest BCUT2D eigenvalue weighted by Crippen LogP contribution is 2.17. The summed E-state index contributed by atoms with van der Waals surface area (Å²) in [6.45, 7) is 4.14. The molecule has 0 aromatic carbocycles. The molecule has 0 aromatic heterocycles. The van der Waals surface area contributed by atoms with Crippen molar-refractivity contribution in [1.82, 2.24) is 5.32 Å². The lowest BCUT2D eigenvalue weighted by Gasteiger charge is -2.26. The second-order valence-corrected chi connectivity index (χ2v) is 17.4. The maximum absolute atomic E-state index is 12.4. The van der Waals surface area contributed by atoms with Crippen LogP contribution in [0.4, 0.5) is 0 Å². The number of carbonyl (C=O) groups is 1. The Morgan fingerprint density at radius 1 is 0.429 bits per heavy atom. The number of carbonyl (C=O) groups excluding carboxylic acids is 1. The number of aliphatic hydroxyl groups excluding tert-OH is 3. The van der Waals surface area contributed by atoms with E-state index < -0.39 is 18.2 Å². The second kappa shape index (κ2) is 46.5. The van der Waals surface area contributed by atoms with E-state index in [4.69, 9.17) is 0 Å².